The summed E-state index contributed by atoms with van der Waals surface area (Å²) in [5, 5.41) is 0. The highest BCUT2D eigenvalue weighted by Crippen LogP contribution is 2.33. The Hall–Kier alpha value is -2.79. The molecule has 1 fully saturated rings. The van der Waals surface area contributed by atoms with Gasteiger partial charge in [-0.3, -0.25) is 9.52 Å². The molecule has 1 saturated heterocycles. The van der Waals surface area contributed by atoms with Crippen molar-refractivity contribution in [3.05, 3.63) is 42.0 Å². The second-order valence-corrected chi connectivity index (χ2v) is 10.4. The first-order valence-corrected chi connectivity index (χ1v) is 12.0. The van der Waals surface area contributed by atoms with E-state index in [1.54, 1.807) is 12.1 Å². The number of sulfonamides is 2. The predicted octanol–water partition coefficient (Wildman–Crippen LogP) is 2.13. The van der Waals surface area contributed by atoms with Gasteiger partial charge in [-0.2, -0.15) is 0 Å². The summed E-state index contributed by atoms with van der Waals surface area (Å²) in [5.41, 5.74) is 0.616. The number of anilines is 2. The lowest BCUT2D eigenvalue weighted by atomic mass is 10.2. The number of benzene rings is 2. The second kappa shape index (κ2) is 7.80. The maximum Gasteiger partial charge on any atom is 0.262 e. The van der Waals surface area contributed by atoms with Gasteiger partial charge in [-0.25, -0.2) is 21.1 Å². The number of ether oxygens (including phenoxy) is 2. The van der Waals surface area contributed by atoms with E-state index in [0.717, 1.165) is 4.31 Å². The fourth-order valence-electron chi connectivity index (χ4n) is 3.23. The van der Waals surface area contributed by atoms with E-state index in [4.69, 9.17) is 9.47 Å². The lowest BCUT2D eigenvalue weighted by Gasteiger charge is -2.18. The molecule has 0 unspecified atom stereocenters. The second-order valence-electron chi connectivity index (χ2n) is 6.90. The number of amides is 1. The van der Waals surface area contributed by atoms with E-state index in [1.807, 2.05) is 0 Å². The fourth-order valence-corrected chi connectivity index (χ4v) is 6.34. The van der Waals surface area contributed by atoms with Gasteiger partial charge in [-0.1, -0.05) is 6.92 Å². The molecule has 2 aromatic rings. The van der Waals surface area contributed by atoms with E-state index in [-0.39, 0.29) is 33.3 Å². The van der Waals surface area contributed by atoms with Gasteiger partial charge >= 0.3 is 0 Å². The zero-order chi connectivity index (χ0) is 22.3. The minimum atomic E-state index is -4.01. The van der Waals surface area contributed by atoms with Crippen LogP contribution in [0.3, 0.4) is 0 Å². The van der Waals surface area contributed by atoms with Crippen molar-refractivity contribution in [2.45, 2.75) is 18.7 Å². The molecule has 0 bridgehead atoms. The predicted molar refractivity (Wildman–Crippen MR) is 112 cm³/mol. The van der Waals surface area contributed by atoms with E-state index >= 15 is 0 Å². The first-order chi connectivity index (χ1) is 14.0. The van der Waals surface area contributed by atoms with Crippen LogP contribution in [0.4, 0.5) is 11.4 Å². The van der Waals surface area contributed by atoms with Crippen LogP contribution in [-0.4, -0.2) is 42.7 Å². The number of nitrogens with one attached hydrogen (secondary N) is 1. The Labute approximate surface area is 175 Å². The van der Waals surface area contributed by atoms with Crippen molar-refractivity contribution >= 4 is 37.3 Å². The van der Waals surface area contributed by atoms with Crippen LogP contribution < -0.4 is 18.5 Å². The highest BCUT2D eigenvalue weighted by atomic mass is 32.2. The highest BCUT2D eigenvalue weighted by molar-refractivity contribution is 7.94. The molecule has 0 aliphatic carbocycles. The maximum absolute atomic E-state index is 12.9. The summed E-state index contributed by atoms with van der Waals surface area (Å²) in [6, 6.07) is 8.58. The maximum atomic E-state index is 12.9. The number of nitrogens with zero attached hydrogens (tertiary/aromatic N) is 1. The topological polar surface area (TPSA) is 119 Å². The van der Waals surface area contributed by atoms with Crippen LogP contribution in [0, 0.1) is 12.8 Å². The minimum absolute atomic E-state index is 0.0544. The zero-order valence-corrected chi connectivity index (χ0v) is 18.5. The van der Waals surface area contributed by atoms with Gasteiger partial charge in [0.05, 0.1) is 42.2 Å². The summed E-state index contributed by atoms with van der Waals surface area (Å²) in [5.74, 6) is -0.686. The van der Waals surface area contributed by atoms with Crippen molar-refractivity contribution in [2.24, 2.45) is 5.92 Å². The molecule has 162 valence electrons. The largest absolute Gasteiger partial charge is 0.497 e. The van der Waals surface area contributed by atoms with Crippen molar-refractivity contribution in [3.8, 4) is 11.5 Å². The normalized spacial score (nSPS) is 18.3. The van der Waals surface area contributed by atoms with E-state index in [0.29, 0.717) is 5.75 Å². The third-order valence-corrected chi connectivity index (χ3v) is 8.09. The lowest BCUT2D eigenvalue weighted by molar-refractivity contribution is -0.119. The van der Waals surface area contributed by atoms with Gasteiger partial charge < -0.3 is 9.47 Å². The quantitative estimate of drug-likeness (QED) is 0.710. The third-order valence-electron chi connectivity index (χ3n) is 4.70. The minimum Gasteiger partial charge on any atom is -0.497 e. The summed E-state index contributed by atoms with van der Waals surface area (Å²) in [4.78, 5) is 12.2. The van der Waals surface area contributed by atoms with Crippen molar-refractivity contribution in [2.75, 3.05) is 29.0 Å². The number of hydrogen-bond donors (Lipinski definition) is 1. The number of rotatable bonds is 6. The van der Waals surface area contributed by atoms with E-state index in [9.17, 15) is 21.6 Å². The molecule has 30 heavy (non-hydrogen) atoms. The van der Waals surface area contributed by atoms with Gasteiger partial charge in [0, 0.05) is 6.07 Å². The Balaban J connectivity index is 1.96. The Morgan fingerprint density at radius 3 is 2.33 bits per heavy atom. The summed E-state index contributed by atoms with van der Waals surface area (Å²) < 4.78 is 63.9. The van der Waals surface area contributed by atoms with Gasteiger partial charge in [0.25, 0.3) is 10.0 Å². The highest BCUT2D eigenvalue weighted by Gasteiger charge is 2.42. The van der Waals surface area contributed by atoms with Gasteiger partial charge in [-0.05, 0) is 42.8 Å². The summed E-state index contributed by atoms with van der Waals surface area (Å²) in [6.07, 6.45) is 0. The lowest BCUT2D eigenvalue weighted by Crippen LogP contribution is -2.30. The van der Waals surface area contributed by atoms with E-state index in [1.165, 1.54) is 52.3 Å². The van der Waals surface area contributed by atoms with Crippen molar-refractivity contribution in [1.82, 2.24) is 0 Å². The molecular formula is C19H22N2O7S2. The SMILES string of the molecule is COc1ccc(NS(=O)(=O)c2ccc(N3C(=O)[C@@H](C)CS3(=O)=O)cc2C)c(OC)c1. The molecule has 0 aromatic heterocycles. The molecule has 1 N–H and O–H groups in total. The van der Waals surface area contributed by atoms with Crippen molar-refractivity contribution < 1.29 is 31.1 Å². The van der Waals surface area contributed by atoms with Crippen LogP contribution in [0.1, 0.15) is 12.5 Å². The van der Waals surface area contributed by atoms with E-state index in [2.05, 4.69) is 4.72 Å². The summed E-state index contributed by atoms with van der Waals surface area (Å²) in [7, 11) is -4.91. The van der Waals surface area contributed by atoms with Crippen LogP contribution in [0.25, 0.3) is 0 Å². The summed E-state index contributed by atoms with van der Waals surface area (Å²) in [6.45, 7) is 3.07. The molecule has 0 spiro atoms. The Kier molecular flexibility index (Phi) is 5.70. The molecule has 11 heteroatoms. The van der Waals surface area contributed by atoms with Gasteiger partial charge in [0.2, 0.25) is 15.9 Å². The fraction of sp³-hybridized carbons (Fsp3) is 0.316. The van der Waals surface area contributed by atoms with Crippen molar-refractivity contribution in [3.63, 3.8) is 0 Å². The van der Waals surface area contributed by atoms with Crippen LogP contribution in [0.2, 0.25) is 0 Å². The molecule has 0 saturated carbocycles. The molecule has 1 heterocycles. The first kappa shape index (κ1) is 21.9. The molecule has 1 amide bonds. The van der Waals surface area contributed by atoms with Crippen molar-refractivity contribution in [1.29, 1.82) is 0 Å². The number of aryl methyl sites for hydroxylation is 1. The Morgan fingerprint density at radius 1 is 1.10 bits per heavy atom. The van der Waals surface area contributed by atoms with Crippen LogP contribution >= 0.6 is 0 Å². The van der Waals surface area contributed by atoms with Crippen LogP contribution in [0.5, 0.6) is 11.5 Å². The summed E-state index contributed by atoms with van der Waals surface area (Å²) >= 11 is 0. The molecule has 9 nitrogen and oxygen atoms in total. The van der Waals surface area contributed by atoms with Crippen LogP contribution in [-0.2, 0) is 24.8 Å². The third kappa shape index (κ3) is 3.94. The molecule has 3 rings (SSSR count). The monoisotopic (exact) mass is 454 g/mol. The molecule has 1 atom stereocenters. The molecule has 0 radical (unpaired) electrons. The molecular weight excluding hydrogens is 432 g/mol. The standard InChI is InChI=1S/C19H22N2O7S2/c1-12-9-14(21-19(22)13(2)11-29(21,23)24)5-8-18(12)30(25,26)20-16-7-6-15(27-3)10-17(16)28-4/h5-10,13,20H,11H2,1-4H3/t13-/m0/s1. The average Bonchev–Trinajstić information content (AvgIpc) is 2.88. The number of methoxy groups -OCH3 is 2. The zero-order valence-electron chi connectivity index (χ0n) is 16.9. The molecule has 1 aliphatic rings. The van der Waals surface area contributed by atoms with Gasteiger partial charge in [-0.15, -0.1) is 0 Å². The Bertz CT molecular complexity index is 1210. The first-order valence-electron chi connectivity index (χ1n) is 8.92. The van der Waals surface area contributed by atoms with E-state index < -0.39 is 31.9 Å². The average molecular weight is 455 g/mol. The van der Waals surface area contributed by atoms with Crippen LogP contribution in [0.15, 0.2) is 41.3 Å². The number of carbonyl (C=O) groups is 1. The Morgan fingerprint density at radius 2 is 1.80 bits per heavy atom. The van der Waals surface area contributed by atoms with Gasteiger partial charge in [0.15, 0.2) is 0 Å². The number of hydrogen-bond acceptors (Lipinski definition) is 7. The smallest absolute Gasteiger partial charge is 0.262 e. The molecule has 1 aliphatic heterocycles. The number of carbonyl (C=O) groups excluding carboxylic acids is 1. The van der Waals surface area contributed by atoms with Gasteiger partial charge in [0.1, 0.15) is 11.5 Å². The molecule has 2 aromatic carbocycles.